The van der Waals surface area contributed by atoms with E-state index in [1.165, 1.54) is 55.6 Å². The minimum atomic E-state index is 0.522. The highest BCUT2D eigenvalue weighted by Crippen LogP contribution is 2.26. The van der Waals surface area contributed by atoms with Crippen molar-refractivity contribution in [2.45, 2.75) is 43.3 Å². The Bertz CT molecular complexity index is 535. The number of nitrogens with one attached hydrogen (secondary N) is 1. The third-order valence-corrected chi connectivity index (χ3v) is 4.30. The molecule has 0 unspecified atom stereocenters. The summed E-state index contributed by atoms with van der Waals surface area (Å²) in [6.45, 7) is 0. The number of aromatic nitrogens is 4. The van der Waals surface area contributed by atoms with Gasteiger partial charge in [0, 0.05) is 6.04 Å². The molecular formula is C11H15N5S2. The Morgan fingerprint density at radius 3 is 2.78 bits per heavy atom. The van der Waals surface area contributed by atoms with E-state index in [9.17, 15) is 0 Å². The second kappa shape index (κ2) is 5.36. The van der Waals surface area contributed by atoms with E-state index in [0.29, 0.717) is 11.7 Å². The number of hydrogen-bond acceptors (Lipinski definition) is 7. The molecule has 2 heterocycles. The number of fused-ring (bicyclic) bond motifs is 1. The van der Waals surface area contributed by atoms with E-state index in [-0.39, 0.29) is 0 Å². The van der Waals surface area contributed by atoms with E-state index in [1.807, 2.05) is 6.26 Å². The highest BCUT2D eigenvalue weighted by Gasteiger charge is 2.17. The largest absolute Gasteiger partial charge is 0.365 e. The van der Waals surface area contributed by atoms with Crippen molar-refractivity contribution in [1.82, 2.24) is 18.7 Å². The van der Waals surface area contributed by atoms with Crippen LogP contribution in [0.5, 0.6) is 0 Å². The van der Waals surface area contributed by atoms with E-state index in [0.717, 1.165) is 16.5 Å². The summed E-state index contributed by atoms with van der Waals surface area (Å²) in [5.74, 6) is 0.852. The van der Waals surface area contributed by atoms with Gasteiger partial charge in [0.25, 0.3) is 0 Å². The van der Waals surface area contributed by atoms with Gasteiger partial charge in [0.15, 0.2) is 22.1 Å². The van der Waals surface area contributed by atoms with Gasteiger partial charge in [0.05, 0.1) is 11.7 Å². The summed E-state index contributed by atoms with van der Waals surface area (Å²) >= 11 is 2.73. The zero-order valence-corrected chi connectivity index (χ0v) is 11.9. The van der Waals surface area contributed by atoms with E-state index in [4.69, 9.17) is 0 Å². The first-order valence-corrected chi connectivity index (χ1v) is 8.13. The van der Waals surface area contributed by atoms with Gasteiger partial charge < -0.3 is 5.32 Å². The van der Waals surface area contributed by atoms with Crippen molar-refractivity contribution >= 4 is 40.5 Å². The quantitative estimate of drug-likeness (QED) is 0.689. The summed E-state index contributed by atoms with van der Waals surface area (Å²) in [6.07, 6.45) is 8.37. The summed E-state index contributed by atoms with van der Waals surface area (Å²) in [4.78, 5) is 8.89. The first kappa shape index (κ1) is 12.1. The topological polar surface area (TPSA) is 63.6 Å². The molecule has 2 aromatic rings. The predicted molar refractivity (Wildman–Crippen MR) is 75.3 cm³/mol. The molecule has 5 nitrogen and oxygen atoms in total. The molecule has 0 radical (unpaired) electrons. The van der Waals surface area contributed by atoms with Crippen LogP contribution >= 0.6 is 23.5 Å². The lowest BCUT2D eigenvalue weighted by atomic mass is 9.95. The van der Waals surface area contributed by atoms with Crippen LogP contribution in [0.2, 0.25) is 0 Å². The van der Waals surface area contributed by atoms with Gasteiger partial charge in [-0.25, -0.2) is 4.98 Å². The molecule has 0 spiro atoms. The van der Waals surface area contributed by atoms with Gasteiger partial charge >= 0.3 is 0 Å². The molecule has 1 fully saturated rings. The smallest absolute Gasteiger partial charge is 0.199 e. The van der Waals surface area contributed by atoms with Crippen LogP contribution in [-0.2, 0) is 0 Å². The maximum Gasteiger partial charge on any atom is 0.199 e. The molecule has 1 aliphatic rings. The first-order chi connectivity index (χ1) is 8.86. The van der Waals surface area contributed by atoms with Gasteiger partial charge in [-0.2, -0.15) is 13.7 Å². The van der Waals surface area contributed by atoms with Crippen LogP contribution in [0, 0.1) is 0 Å². The van der Waals surface area contributed by atoms with Crippen molar-refractivity contribution < 1.29 is 0 Å². The Morgan fingerprint density at radius 1 is 1.17 bits per heavy atom. The summed E-state index contributed by atoms with van der Waals surface area (Å²) in [6, 6.07) is 0.522. The molecule has 18 heavy (non-hydrogen) atoms. The molecule has 0 amide bonds. The van der Waals surface area contributed by atoms with Gasteiger partial charge in [-0.1, -0.05) is 31.0 Å². The fourth-order valence-electron chi connectivity index (χ4n) is 2.30. The molecule has 1 saturated carbocycles. The molecule has 96 valence electrons. The van der Waals surface area contributed by atoms with Crippen LogP contribution in [0.1, 0.15) is 32.1 Å². The van der Waals surface area contributed by atoms with Crippen molar-refractivity contribution in [3.63, 3.8) is 0 Å². The summed E-state index contributed by atoms with van der Waals surface area (Å²) in [5, 5.41) is 4.28. The van der Waals surface area contributed by atoms with Crippen molar-refractivity contribution in [2.75, 3.05) is 11.6 Å². The van der Waals surface area contributed by atoms with Gasteiger partial charge in [-0.05, 0) is 19.1 Å². The summed E-state index contributed by atoms with van der Waals surface area (Å²) < 4.78 is 8.50. The minimum absolute atomic E-state index is 0.522. The molecule has 0 atom stereocenters. The van der Waals surface area contributed by atoms with E-state index in [2.05, 4.69) is 24.0 Å². The highest BCUT2D eigenvalue weighted by atomic mass is 32.2. The number of nitrogens with zero attached hydrogens (tertiary/aromatic N) is 4. The number of anilines is 1. The third-order valence-electron chi connectivity index (χ3n) is 3.23. The lowest BCUT2D eigenvalue weighted by Crippen LogP contribution is -2.23. The third kappa shape index (κ3) is 2.42. The molecule has 1 N–H and O–H groups in total. The van der Waals surface area contributed by atoms with Crippen molar-refractivity contribution in [2.24, 2.45) is 0 Å². The zero-order valence-electron chi connectivity index (χ0n) is 10.2. The fourth-order valence-corrected chi connectivity index (χ4v) is 3.16. The molecule has 0 saturated heterocycles. The molecule has 0 aliphatic heterocycles. The average Bonchev–Trinajstić information content (AvgIpc) is 2.88. The minimum Gasteiger partial charge on any atom is -0.365 e. The van der Waals surface area contributed by atoms with Gasteiger partial charge in [0.1, 0.15) is 0 Å². The summed E-state index contributed by atoms with van der Waals surface area (Å²) in [7, 11) is 0. The monoisotopic (exact) mass is 281 g/mol. The van der Waals surface area contributed by atoms with Crippen LogP contribution in [0.25, 0.3) is 11.2 Å². The van der Waals surface area contributed by atoms with Gasteiger partial charge in [-0.15, -0.1) is 0 Å². The average molecular weight is 281 g/mol. The Labute approximate surface area is 114 Å². The molecule has 0 aromatic carbocycles. The van der Waals surface area contributed by atoms with Crippen molar-refractivity contribution in [3.8, 4) is 0 Å². The number of hydrogen-bond donors (Lipinski definition) is 1. The standard InChI is InChI=1S/C11H15N5S2/c1-17-11-13-9(8-10(14-11)16-18-15-8)12-7-5-3-2-4-6-7/h7H,2-6H2,1H3,(H,12,13,14,16). The van der Waals surface area contributed by atoms with Crippen LogP contribution < -0.4 is 5.32 Å². The van der Waals surface area contributed by atoms with Gasteiger partial charge in [0.2, 0.25) is 0 Å². The number of rotatable bonds is 3. The van der Waals surface area contributed by atoms with Crippen molar-refractivity contribution in [1.29, 1.82) is 0 Å². The van der Waals surface area contributed by atoms with Crippen molar-refractivity contribution in [3.05, 3.63) is 0 Å². The molecule has 2 aromatic heterocycles. The second-order valence-corrected chi connectivity index (χ2v) is 5.78. The molecular weight excluding hydrogens is 266 g/mol. The fraction of sp³-hybridized carbons (Fsp3) is 0.636. The number of thioether (sulfide) groups is 1. The Kier molecular flexibility index (Phi) is 3.60. The Balaban J connectivity index is 1.91. The normalized spacial score (nSPS) is 17.2. The van der Waals surface area contributed by atoms with Crippen LogP contribution in [0.15, 0.2) is 5.16 Å². The Morgan fingerprint density at radius 2 is 2.00 bits per heavy atom. The lowest BCUT2D eigenvalue weighted by Gasteiger charge is -2.23. The first-order valence-electron chi connectivity index (χ1n) is 6.17. The molecule has 3 rings (SSSR count). The van der Waals surface area contributed by atoms with E-state index < -0.39 is 0 Å². The molecule has 0 bridgehead atoms. The lowest BCUT2D eigenvalue weighted by molar-refractivity contribution is 0.462. The van der Waals surface area contributed by atoms with E-state index >= 15 is 0 Å². The molecule has 1 aliphatic carbocycles. The zero-order chi connectivity index (χ0) is 12.4. The predicted octanol–water partition coefficient (Wildman–Crippen LogP) is 2.95. The van der Waals surface area contributed by atoms with Crippen LogP contribution in [-0.4, -0.2) is 31.0 Å². The van der Waals surface area contributed by atoms with Crippen LogP contribution in [0.4, 0.5) is 5.82 Å². The Hall–Kier alpha value is -0.950. The second-order valence-electron chi connectivity index (χ2n) is 4.47. The summed E-state index contributed by atoms with van der Waals surface area (Å²) in [5.41, 5.74) is 1.51. The van der Waals surface area contributed by atoms with Gasteiger partial charge in [-0.3, -0.25) is 0 Å². The SMILES string of the molecule is CSc1nc(NC2CCCCC2)c2nsnc2n1. The molecule has 7 heteroatoms. The highest BCUT2D eigenvalue weighted by molar-refractivity contribution is 7.98. The van der Waals surface area contributed by atoms with E-state index in [1.54, 1.807) is 0 Å². The maximum absolute atomic E-state index is 4.53. The maximum atomic E-state index is 4.53. The van der Waals surface area contributed by atoms with Crippen LogP contribution in [0.3, 0.4) is 0 Å².